The maximum absolute atomic E-state index is 12.6. The van der Waals surface area contributed by atoms with Crippen molar-refractivity contribution in [1.29, 1.82) is 0 Å². The van der Waals surface area contributed by atoms with Crippen molar-refractivity contribution in [1.82, 2.24) is 4.57 Å². The Balaban J connectivity index is 0.00000659. The average molecular weight is 956 g/mol. The summed E-state index contributed by atoms with van der Waals surface area (Å²) >= 11 is 0. The summed E-state index contributed by atoms with van der Waals surface area (Å²) in [5.41, 5.74) is 11.3. The van der Waals surface area contributed by atoms with E-state index in [1.807, 2.05) is 97.1 Å². The van der Waals surface area contributed by atoms with E-state index in [2.05, 4.69) is 111 Å². The van der Waals surface area contributed by atoms with Crippen LogP contribution < -0.4 is 58.3 Å². The van der Waals surface area contributed by atoms with Crippen molar-refractivity contribution in [3.05, 3.63) is 182 Å². The van der Waals surface area contributed by atoms with Crippen molar-refractivity contribution < 1.29 is 61.5 Å². The monoisotopic (exact) mass is 955 g/mol. The standard InChI is InChI=1S/C58H51N3O7S.Na/c1-6-9-52(69(62,63)64)38-39-59-57-53(40-14-18-42(19-15-40)60(44-22-30-48(65-2)31-23-44)45-24-32-49(66-3)33-25-45)10-7-12-55(57)56-13-8-11-54(58(56)59)41-16-20-43(21-17-41)61(46-26-34-50(67-4)35-27-46)47-28-36-51(68-5)37-29-47;/h7-8,10-37,52H,38-39H2,1-5H3,(H,62,63,64);/q;+1/p-1. The van der Waals surface area contributed by atoms with Crippen LogP contribution in [0.2, 0.25) is 0 Å². The summed E-state index contributed by atoms with van der Waals surface area (Å²) < 4.78 is 61.9. The second-order valence-corrected chi connectivity index (χ2v) is 17.8. The molecule has 0 spiro atoms. The molecule has 9 rings (SSSR count). The molecular formula is C58H50N3NaO7S. The number of para-hydroxylation sites is 2. The zero-order chi connectivity index (χ0) is 48.1. The van der Waals surface area contributed by atoms with Crippen molar-refractivity contribution in [2.45, 2.75) is 25.1 Å². The third kappa shape index (κ3) is 10.1. The van der Waals surface area contributed by atoms with Crippen LogP contribution in [0, 0.1) is 11.8 Å². The zero-order valence-corrected chi connectivity index (χ0v) is 42.7. The van der Waals surface area contributed by atoms with E-state index in [1.165, 1.54) is 0 Å². The zero-order valence-electron chi connectivity index (χ0n) is 39.9. The van der Waals surface area contributed by atoms with Gasteiger partial charge in [-0.1, -0.05) is 66.6 Å². The second-order valence-electron chi connectivity index (χ2n) is 16.3. The number of fused-ring (bicyclic) bond motifs is 3. The fraction of sp³-hybridized carbons (Fsp3) is 0.138. The van der Waals surface area contributed by atoms with E-state index in [0.717, 1.165) is 101 Å². The Kier molecular flexibility index (Phi) is 15.2. The van der Waals surface area contributed by atoms with Crippen LogP contribution in [0.5, 0.6) is 23.0 Å². The fourth-order valence-corrected chi connectivity index (χ4v) is 9.66. The molecule has 346 valence electrons. The van der Waals surface area contributed by atoms with E-state index in [0.29, 0.717) is 0 Å². The van der Waals surface area contributed by atoms with Gasteiger partial charge in [-0.2, -0.15) is 0 Å². The van der Waals surface area contributed by atoms with Crippen LogP contribution in [-0.2, 0) is 16.7 Å². The molecule has 0 amide bonds. The van der Waals surface area contributed by atoms with Crippen LogP contribution in [0.25, 0.3) is 44.1 Å². The molecule has 0 bridgehead atoms. The molecule has 70 heavy (non-hydrogen) atoms. The molecule has 0 fully saturated rings. The SMILES string of the molecule is CC#CC(CCn1c2c(-c3ccc(N(c4ccc(OC)cc4)c4ccc(OC)cc4)cc3)cccc2c2cccc(-c3ccc(N(c4ccc(OC)cc4)c4ccc(OC)cc4)cc3)c21)S(=O)(=O)[O-].[Na+]. The first-order valence-electron chi connectivity index (χ1n) is 22.4. The normalized spacial score (nSPS) is 11.5. The number of aromatic nitrogens is 1. The molecule has 1 atom stereocenters. The summed E-state index contributed by atoms with van der Waals surface area (Å²) in [5.74, 6) is 8.40. The van der Waals surface area contributed by atoms with Gasteiger partial charge >= 0.3 is 29.6 Å². The molecule has 0 aliphatic heterocycles. The molecule has 0 saturated heterocycles. The predicted molar refractivity (Wildman–Crippen MR) is 277 cm³/mol. The minimum Gasteiger partial charge on any atom is -0.747 e. The van der Waals surface area contributed by atoms with Gasteiger partial charge in [0.05, 0.1) is 39.5 Å². The van der Waals surface area contributed by atoms with E-state index in [1.54, 1.807) is 35.4 Å². The minimum absolute atomic E-state index is 0. The van der Waals surface area contributed by atoms with Gasteiger partial charge in [-0.05, 0) is 146 Å². The maximum atomic E-state index is 12.6. The molecule has 10 nitrogen and oxygen atoms in total. The maximum Gasteiger partial charge on any atom is 1.00 e. The first-order valence-corrected chi connectivity index (χ1v) is 23.9. The van der Waals surface area contributed by atoms with Crippen molar-refractivity contribution in [3.8, 4) is 57.1 Å². The van der Waals surface area contributed by atoms with Crippen molar-refractivity contribution >= 4 is 66.0 Å². The molecule has 0 aliphatic rings. The molecular weight excluding hydrogens is 906 g/mol. The number of nitrogens with zero attached hydrogens (tertiary/aromatic N) is 3. The van der Waals surface area contributed by atoms with E-state index < -0.39 is 15.4 Å². The van der Waals surface area contributed by atoms with Gasteiger partial charge < -0.3 is 37.9 Å². The molecule has 1 heterocycles. The van der Waals surface area contributed by atoms with Gasteiger partial charge in [0.2, 0.25) is 0 Å². The molecule has 0 aliphatic carbocycles. The van der Waals surface area contributed by atoms with Gasteiger partial charge in [0.25, 0.3) is 0 Å². The van der Waals surface area contributed by atoms with Crippen LogP contribution in [0.15, 0.2) is 182 Å². The summed E-state index contributed by atoms with van der Waals surface area (Å²) in [6.07, 6.45) is 0.00343. The first kappa shape index (κ1) is 49.3. The number of hydrogen-bond donors (Lipinski definition) is 0. The Morgan fingerprint density at radius 1 is 0.486 bits per heavy atom. The van der Waals surface area contributed by atoms with Crippen LogP contribution in [0.4, 0.5) is 34.1 Å². The molecule has 0 N–H and O–H groups in total. The molecule has 1 unspecified atom stereocenters. The van der Waals surface area contributed by atoms with Gasteiger partial charge in [0.1, 0.15) is 38.4 Å². The summed E-state index contributed by atoms with van der Waals surface area (Å²) in [6.45, 7) is 1.77. The summed E-state index contributed by atoms with van der Waals surface area (Å²) in [5, 5.41) is 0.615. The van der Waals surface area contributed by atoms with Gasteiger partial charge in [0.15, 0.2) is 0 Å². The Morgan fingerprint density at radius 2 is 0.786 bits per heavy atom. The molecule has 9 aromatic rings. The predicted octanol–water partition coefficient (Wildman–Crippen LogP) is 10.4. The molecule has 0 saturated carbocycles. The minimum atomic E-state index is -4.72. The average Bonchev–Trinajstić information content (AvgIpc) is 3.72. The summed E-state index contributed by atoms with van der Waals surface area (Å²) in [4.78, 5) is 4.34. The van der Waals surface area contributed by atoms with Gasteiger partial charge in [0, 0.05) is 62.6 Å². The Bertz CT molecular complexity index is 3110. The Morgan fingerprint density at radius 3 is 1.06 bits per heavy atom. The van der Waals surface area contributed by atoms with Crippen molar-refractivity contribution in [2.75, 3.05) is 38.2 Å². The van der Waals surface area contributed by atoms with Crippen molar-refractivity contribution in [3.63, 3.8) is 0 Å². The molecule has 0 radical (unpaired) electrons. The first-order chi connectivity index (χ1) is 33.6. The van der Waals surface area contributed by atoms with Crippen LogP contribution in [-0.4, -0.2) is 51.2 Å². The van der Waals surface area contributed by atoms with E-state index in [-0.39, 0.29) is 42.5 Å². The van der Waals surface area contributed by atoms with Crippen LogP contribution >= 0.6 is 0 Å². The number of anilines is 6. The van der Waals surface area contributed by atoms with Crippen molar-refractivity contribution in [2.24, 2.45) is 0 Å². The Labute approximate surface area is 431 Å². The van der Waals surface area contributed by atoms with Crippen LogP contribution in [0.1, 0.15) is 13.3 Å². The number of rotatable bonds is 16. The van der Waals surface area contributed by atoms with Gasteiger partial charge in [-0.3, -0.25) is 0 Å². The molecule has 1 aromatic heterocycles. The molecule has 12 heteroatoms. The summed E-state index contributed by atoms with van der Waals surface area (Å²) in [6, 6.07) is 61.0. The summed E-state index contributed by atoms with van der Waals surface area (Å²) in [7, 11) is 1.89. The van der Waals surface area contributed by atoms with E-state index >= 15 is 0 Å². The number of methoxy groups -OCH3 is 4. The topological polar surface area (TPSA) is 106 Å². The smallest absolute Gasteiger partial charge is 0.747 e. The quantitative estimate of drug-likeness (QED) is 0.0532. The fourth-order valence-electron chi connectivity index (χ4n) is 9.00. The van der Waals surface area contributed by atoms with Gasteiger partial charge in [-0.25, -0.2) is 8.42 Å². The van der Waals surface area contributed by atoms with E-state index in [4.69, 9.17) is 18.9 Å². The third-order valence-electron chi connectivity index (χ3n) is 12.4. The number of aryl methyl sites for hydroxylation is 1. The Hall–Kier alpha value is -7.17. The number of benzene rings is 8. The molecule has 8 aromatic carbocycles. The third-order valence-corrected chi connectivity index (χ3v) is 13.4. The second kappa shape index (κ2) is 21.6. The van der Waals surface area contributed by atoms with Crippen LogP contribution in [0.3, 0.4) is 0 Å². The number of ether oxygens (including phenoxy) is 4. The number of hydrogen-bond acceptors (Lipinski definition) is 9. The van der Waals surface area contributed by atoms with E-state index in [9.17, 15) is 13.0 Å². The van der Waals surface area contributed by atoms with Gasteiger partial charge in [-0.15, -0.1) is 5.92 Å². The largest absolute Gasteiger partial charge is 1.00 e.